The number of fused-ring (bicyclic) bond motifs is 2. The van der Waals surface area contributed by atoms with Gasteiger partial charge in [-0.3, -0.25) is 0 Å². The Morgan fingerprint density at radius 2 is 1.53 bits per heavy atom. The first-order valence-electron chi connectivity index (χ1n) is 12.7. The SMILES string of the molecule is CCC.NCCC1CCc2cc(OCc3ccc(-c4ccc5ccccc5c4)cc3)ccc2C1. The van der Waals surface area contributed by atoms with E-state index in [1.165, 1.54) is 51.4 Å². The molecule has 0 aliphatic heterocycles. The number of rotatable bonds is 6. The second-order valence-corrected chi connectivity index (χ2v) is 9.37. The van der Waals surface area contributed by atoms with Crippen molar-refractivity contribution < 1.29 is 4.74 Å². The molecule has 34 heavy (non-hydrogen) atoms. The van der Waals surface area contributed by atoms with Gasteiger partial charge in [-0.1, -0.05) is 87.0 Å². The summed E-state index contributed by atoms with van der Waals surface area (Å²) in [7, 11) is 0. The summed E-state index contributed by atoms with van der Waals surface area (Å²) in [6.45, 7) is 5.63. The first kappa shape index (κ1) is 24.0. The fourth-order valence-corrected chi connectivity index (χ4v) is 4.71. The van der Waals surface area contributed by atoms with Gasteiger partial charge in [-0.05, 0) is 94.9 Å². The molecule has 5 rings (SSSR count). The van der Waals surface area contributed by atoms with Crippen molar-refractivity contribution in [3.8, 4) is 16.9 Å². The summed E-state index contributed by atoms with van der Waals surface area (Å²) in [5.74, 6) is 1.71. The standard InChI is InChI=1S/C29H29NO.C3H8/c30-16-15-21-5-10-28-19-29(14-13-26(28)17-21)31-20-22-6-8-24(9-7-22)27-12-11-23-3-1-2-4-25(23)18-27;1-3-2/h1-4,6-9,11-14,18-19,21H,5,10,15-17,20,30H2;3H2,1-2H3. The van der Waals surface area contributed by atoms with Crippen LogP contribution in [0.3, 0.4) is 0 Å². The summed E-state index contributed by atoms with van der Waals surface area (Å²) in [6, 6.07) is 30.4. The molecule has 0 aromatic heterocycles. The van der Waals surface area contributed by atoms with Gasteiger partial charge in [0.15, 0.2) is 0 Å². The molecule has 0 spiro atoms. The van der Waals surface area contributed by atoms with Crippen LogP contribution in [-0.4, -0.2) is 6.54 Å². The van der Waals surface area contributed by atoms with E-state index in [4.69, 9.17) is 10.5 Å². The molecule has 0 saturated carbocycles. The van der Waals surface area contributed by atoms with Crippen LogP contribution in [0.2, 0.25) is 0 Å². The maximum absolute atomic E-state index is 6.12. The maximum atomic E-state index is 6.12. The van der Waals surface area contributed by atoms with Gasteiger partial charge in [-0.15, -0.1) is 0 Å². The van der Waals surface area contributed by atoms with E-state index < -0.39 is 0 Å². The molecule has 1 unspecified atom stereocenters. The second kappa shape index (κ2) is 11.9. The molecule has 0 amide bonds. The normalized spacial score (nSPS) is 14.7. The third-order valence-electron chi connectivity index (χ3n) is 6.53. The zero-order valence-electron chi connectivity index (χ0n) is 20.6. The molecule has 0 fully saturated rings. The minimum Gasteiger partial charge on any atom is -0.489 e. The van der Waals surface area contributed by atoms with Crippen molar-refractivity contribution in [1.82, 2.24) is 0 Å². The van der Waals surface area contributed by atoms with Crippen LogP contribution in [-0.2, 0) is 19.4 Å². The molecule has 2 heteroatoms. The van der Waals surface area contributed by atoms with E-state index in [-0.39, 0.29) is 0 Å². The monoisotopic (exact) mass is 451 g/mol. The molecule has 176 valence electrons. The molecule has 4 aromatic rings. The average Bonchev–Trinajstić information content (AvgIpc) is 2.88. The number of ether oxygens (including phenoxy) is 1. The summed E-state index contributed by atoms with van der Waals surface area (Å²) < 4.78 is 6.12. The average molecular weight is 452 g/mol. The van der Waals surface area contributed by atoms with Crippen molar-refractivity contribution in [1.29, 1.82) is 0 Å². The highest BCUT2D eigenvalue weighted by molar-refractivity contribution is 5.87. The van der Waals surface area contributed by atoms with E-state index in [9.17, 15) is 0 Å². The van der Waals surface area contributed by atoms with Crippen LogP contribution in [0.5, 0.6) is 5.75 Å². The molecule has 0 radical (unpaired) electrons. The van der Waals surface area contributed by atoms with Crippen LogP contribution in [0, 0.1) is 5.92 Å². The third-order valence-corrected chi connectivity index (χ3v) is 6.53. The summed E-state index contributed by atoms with van der Waals surface area (Å²) in [5, 5.41) is 2.55. The lowest BCUT2D eigenvalue weighted by Crippen LogP contribution is -2.17. The Balaban J connectivity index is 0.000000868. The Morgan fingerprint density at radius 1 is 0.794 bits per heavy atom. The van der Waals surface area contributed by atoms with E-state index in [0.29, 0.717) is 6.61 Å². The molecule has 1 aliphatic carbocycles. The van der Waals surface area contributed by atoms with Gasteiger partial charge in [0.1, 0.15) is 12.4 Å². The minimum atomic E-state index is 0.590. The van der Waals surface area contributed by atoms with Crippen molar-refractivity contribution in [2.75, 3.05) is 6.54 Å². The van der Waals surface area contributed by atoms with Gasteiger partial charge < -0.3 is 10.5 Å². The van der Waals surface area contributed by atoms with E-state index in [2.05, 4.69) is 98.8 Å². The van der Waals surface area contributed by atoms with Crippen molar-refractivity contribution in [3.63, 3.8) is 0 Å². The largest absolute Gasteiger partial charge is 0.489 e. The van der Waals surface area contributed by atoms with Crippen LogP contribution >= 0.6 is 0 Å². The lowest BCUT2D eigenvalue weighted by molar-refractivity contribution is 0.305. The fraction of sp³-hybridized carbons (Fsp3) is 0.312. The zero-order valence-corrected chi connectivity index (χ0v) is 20.6. The van der Waals surface area contributed by atoms with Gasteiger partial charge >= 0.3 is 0 Å². The molecule has 1 aliphatic rings. The molecule has 0 bridgehead atoms. The summed E-state index contributed by atoms with van der Waals surface area (Å²) in [4.78, 5) is 0. The van der Waals surface area contributed by atoms with Gasteiger partial charge in [0.2, 0.25) is 0 Å². The number of nitrogens with two attached hydrogens (primary N) is 1. The van der Waals surface area contributed by atoms with Gasteiger partial charge in [0.05, 0.1) is 0 Å². The van der Waals surface area contributed by atoms with Crippen LogP contribution in [0.4, 0.5) is 0 Å². The highest BCUT2D eigenvalue weighted by Gasteiger charge is 2.18. The molecule has 0 saturated heterocycles. The topological polar surface area (TPSA) is 35.2 Å². The quantitative estimate of drug-likeness (QED) is 0.323. The van der Waals surface area contributed by atoms with Gasteiger partial charge in [0, 0.05) is 0 Å². The summed E-state index contributed by atoms with van der Waals surface area (Å²) >= 11 is 0. The Bertz CT molecular complexity index is 1200. The Labute approximate surface area is 204 Å². The molecular formula is C32H37NO. The Morgan fingerprint density at radius 3 is 2.29 bits per heavy atom. The number of hydrogen-bond donors (Lipinski definition) is 1. The molecule has 0 heterocycles. The Kier molecular flexibility index (Phi) is 8.38. The highest BCUT2D eigenvalue weighted by atomic mass is 16.5. The lowest BCUT2D eigenvalue weighted by Gasteiger charge is -2.24. The van der Waals surface area contributed by atoms with Crippen molar-refractivity contribution in [3.05, 3.63) is 102 Å². The van der Waals surface area contributed by atoms with E-state index in [0.717, 1.165) is 37.5 Å². The first-order valence-corrected chi connectivity index (χ1v) is 12.7. The second-order valence-electron chi connectivity index (χ2n) is 9.37. The van der Waals surface area contributed by atoms with Gasteiger partial charge in [-0.2, -0.15) is 0 Å². The first-order chi connectivity index (χ1) is 16.7. The molecule has 4 aromatic carbocycles. The number of aryl methyl sites for hydroxylation is 1. The van der Waals surface area contributed by atoms with Crippen LogP contribution in [0.1, 0.15) is 49.8 Å². The van der Waals surface area contributed by atoms with Crippen LogP contribution < -0.4 is 10.5 Å². The summed E-state index contributed by atoms with van der Waals surface area (Å²) in [6.07, 6.45) is 5.91. The van der Waals surface area contributed by atoms with Crippen molar-refractivity contribution >= 4 is 10.8 Å². The third kappa shape index (κ3) is 6.07. The smallest absolute Gasteiger partial charge is 0.120 e. The predicted molar refractivity (Wildman–Crippen MR) is 145 cm³/mol. The van der Waals surface area contributed by atoms with Gasteiger partial charge in [-0.25, -0.2) is 0 Å². The molecular weight excluding hydrogens is 414 g/mol. The molecule has 1 atom stereocenters. The van der Waals surface area contributed by atoms with Crippen LogP contribution in [0.15, 0.2) is 84.9 Å². The Hall–Kier alpha value is -3.10. The highest BCUT2D eigenvalue weighted by Crippen LogP contribution is 2.30. The zero-order chi connectivity index (χ0) is 23.8. The lowest BCUT2D eigenvalue weighted by atomic mass is 9.82. The predicted octanol–water partition coefficient (Wildman–Crippen LogP) is 7.96. The fourth-order valence-electron chi connectivity index (χ4n) is 4.71. The van der Waals surface area contributed by atoms with E-state index in [1.54, 1.807) is 0 Å². The number of benzene rings is 4. The van der Waals surface area contributed by atoms with Crippen molar-refractivity contribution in [2.24, 2.45) is 11.7 Å². The minimum absolute atomic E-state index is 0.590. The number of hydrogen-bond acceptors (Lipinski definition) is 2. The maximum Gasteiger partial charge on any atom is 0.120 e. The van der Waals surface area contributed by atoms with Crippen molar-refractivity contribution in [2.45, 2.75) is 52.6 Å². The van der Waals surface area contributed by atoms with Crippen LogP contribution in [0.25, 0.3) is 21.9 Å². The van der Waals surface area contributed by atoms with E-state index >= 15 is 0 Å². The summed E-state index contributed by atoms with van der Waals surface area (Å²) in [5.41, 5.74) is 12.3. The molecule has 2 nitrogen and oxygen atoms in total. The molecule has 2 N–H and O–H groups in total. The van der Waals surface area contributed by atoms with E-state index in [1.807, 2.05) is 0 Å². The van der Waals surface area contributed by atoms with Gasteiger partial charge in [0.25, 0.3) is 0 Å².